The van der Waals surface area contributed by atoms with Crippen LogP contribution in [0.4, 0.5) is 0 Å². The van der Waals surface area contributed by atoms with E-state index >= 15 is 0 Å². The highest BCUT2D eigenvalue weighted by Crippen LogP contribution is 2.30. The molecule has 2 aromatic carbocycles. The molecule has 0 bridgehead atoms. The molecule has 0 fully saturated rings. The molecule has 0 aliphatic carbocycles. The van der Waals surface area contributed by atoms with Gasteiger partial charge in [0.15, 0.2) is 0 Å². The molecule has 3 heteroatoms. The minimum Gasteiger partial charge on any atom is -0.438 e. The van der Waals surface area contributed by atoms with Gasteiger partial charge in [-0.25, -0.2) is 4.98 Å². The monoisotopic (exact) mass is 253 g/mol. The van der Waals surface area contributed by atoms with E-state index in [4.69, 9.17) is 16.0 Å². The van der Waals surface area contributed by atoms with E-state index in [1.165, 1.54) is 0 Å². The molecule has 4 rings (SSSR count). The molecule has 0 spiro atoms. The summed E-state index contributed by atoms with van der Waals surface area (Å²) in [6.07, 6.45) is 0. The highest BCUT2D eigenvalue weighted by molar-refractivity contribution is 6.31. The number of aromatic nitrogens is 1. The Labute approximate surface area is 108 Å². The van der Waals surface area contributed by atoms with Gasteiger partial charge in [-0.05, 0) is 24.3 Å². The van der Waals surface area contributed by atoms with E-state index in [-0.39, 0.29) is 0 Å². The summed E-state index contributed by atoms with van der Waals surface area (Å²) in [4.78, 5) is 4.52. The topological polar surface area (TPSA) is 26.0 Å². The van der Waals surface area contributed by atoms with E-state index in [1.807, 2.05) is 42.5 Å². The molecule has 0 N–H and O–H groups in total. The molecule has 0 atom stereocenters. The standard InChI is InChI=1S/C15H8ClNO/c16-10-6-5-9-7-12-11-3-1-2-4-14(11)18-15(12)17-13(9)8-10/h1-8H. The lowest BCUT2D eigenvalue weighted by atomic mass is 10.1. The predicted molar refractivity (Wildman–Crippen MR) is 74.0 cm³/mol. The van der Waals surface area contributed by atoms with Crippen LogP contribution in [0.1, 0.15) is 0 Å². The van der Waals surface area contributed by atoms with Gasteiger partial charge < -0.3 is 4.42 Å². The van der Waals surface area contributed by atoms with Crippen LogP contribution >= 0.6 is 11.6 Å². The van der Waals surface area contributed by atoms with Crippen LogP contribution < -0.4 is 0 Å². The minimum absolute atomic E-state index is 0.658. The average molecular weight is 254 g/mol. The Morgan fingerprint density at radius 3 is 2.78 bits per heavy atom. The third kappa shape index (κ3) is 1.33. The fourth-order valence-electron chi connectivity index (χ4n) is 2.28. The first kappa shape index (κ1) is 9.92. The lowest BCUT2D eigenvalue weighted by Crippen LogP contribution is -1.79. The first-order chi connectivity index (χ1) is 8.81. The molecular formula is C15H8ClNO. The number of nitrogens with zero attached hydrogens (tertiary/aromatic N) is 1. The number of hydrogen-bond donors (Lipinski definition) is 0. The molecule has 0 radical (unpaired) electrons. The molecule has 2 aromatic heterocycles. The maximum atomic E-state index is 5.98. The first-order valence-electron chi connectivity index (χ1n) is 5.69. The summed E-state index contributed by atoms with van der Waals surface area (Å²) in [6.45, 7) is 0. The summed E-state index contributed by atoms with van der Waals surface area (Å²) in [5, 5.41) is 3.89. The molecular weight excluding hydrogens is 246 g/mol. The number of furan rings is 1. The van der Waals surface area contributed by atoms with E-state index in [9.17, 15) is 0 Å². The zero-order chi connectivity index (χ0) is 12.1. The van der Waals surface area contributed by atoms with E-state index in [0.29, 0.717) is 10.7 Å². The van der Waals surface area contributed by atoms with Crippen molar-refractivity contribution >= 4 is 44.6 Å². The van der Waals surface area contributed by atoms with Crippen molar-refractivity contribution in [3.05, 3.63) is 53.6 Å². The fraction of sp³-hybridized carbons (Fsp3) is 0. The fourth-order valence-corrected chi connectivity index (χ4v) is 2.44. The molecule has 0 saturated carbocycles. The van der Waals surface area contributed by atoms with Gasteiger partial charge in [0.25, 0.3) is 0 Å². The molecule has 2 heterocycles. The van der Waals surface area contributed by atoms with Crippen molar-refractivity contribution in [3.8, 4) is 0 Å². The summed E-state index contributed by atoms with van der Waals surface area (Å²) in [6, 6.07) is 15.8. The molecule has 4 aromatic rings. The second kappa shape index (κ2) is 3.47. The number of halogens is 1. The third-order valence-electron chi connectivity index (χ3n) is 3.13. The smallest absolute Gasteiger partial charge is 0.227 e. The highest BCUT2D eigenvalue weighted by Gasteiger charge is 2.08. The van der Waals surface area contributed by atoms with Crippen molar-refractivity contribution in [2.24, 2.45) is 0 Å². The van der Waals surface area contributed by atoms with Crippen molar-refractivity contribution in [3.63, 3.8) is 0 Å². The second-order valence-electron chi connectivity index (χ2n) is 4.28. The van der Waals surface area contributed by atoms with Gasteiger partial charge in [0.2, 0.25) is 5.71 Å². The van der Waals surface area contributed by atoms with Gasteiger partial charge in [-0.2, -0.15) is 0 Å². The van der Waals surface area contributed by atoms with Gasteiger partial charge >= 0.3 is 0 Å². The molecule has 0 aliphatic heterocycles. The number of hydrogen-bond acceptors (Lipinski definition) is 2. The Bertz CT molecular complexity index is 895. The first-order valence-corrected chi connectivity index (χ1v) is 6.07. The lowest BCUT2D eigenvalue weighted by molar-refractivity contribution is 0.656. The maximum absolute atomic E-state index is 5.98. The van der Waals surface area contributed by atoms with Gasteiger partial charge in [0.05, 0.1) is 5.52 Å². The van der Waals surface area contributed by atoms with Crippen molar-refractivity contribution in [1.29, 1.82) is 0 Å². The Morgan fingerprint density at radius 1 is 0.944 bits per heavy atom. The molecule has 86 valence electrons. The largest absolute Gasteiger partial charge is 0.438 e. The number of pyridine rings is 1. The normalized spacial score (nSPS) is 11.6. The van der Waals surface area contributed by atoms with Crippen LogP contribution in [-0.4, -0.2) is 4.98 Å². The van der Waals surface area contributed by atoms with Gasteiger partial charge in [-0.15, -0.1) is 0 Å². The SMILES string of the molecule is Clc1ccc2cc3c(nc2c1)oc1ccccc13. The van der Waals surface area contributed by atoms with Crippen LogP contribution in [0.3, 0.4) is 0 Å². The minimum atomic E-state index is 0.658. The number of fused-ring (bicyclic) bond motifs is 4. The van der Waals surface area contributed by atoms with Crippen molar-refractivity contribution in [2.75, 3.05) is 0 Å². The van der Waals surface area contributed by atoms with Crippen molar-refractivity contribution < 1.29 is 4.42 Å². The second-order valence-corrected chi connectivity index (χ2v) is 4.71. The molecule has 0 aliphatic rings. The van der Waals surface area contributed by atoms with Crippen LogP contribution in [0, 0.1) is 0 Å². The Kier molecular flexibility index (Phi) is 1.91. The third-order valence-corrected chi connectivity index (χ3v) is 3.36. The van der Waals surface area contributed by atoms with Crippen molar-refractivity contribution in [2.45, 2.75) is 0 Å². The summed E-state index contributed by atoms with van der Waals surface area (Å²) >= 11 is 5.98. The van der Waals surface area contributed by atoms with Gasteiger partial charge in [-0.1, -0.05) is 35.9 Å². The highest BCUT2D eigenvalue weighted by atomic mass is 35.5. The number of rotatable bonds is 0. The van der Waals surface area contributed by atoms with Crippen LogP contribution in [-0.2, 0) is 0 Å². The van der Waals surface area contributed by atoms with E-state index in [2.05, 4.69) is 11.1 Å². The Hall–Kier alpha value is -2.06. The zero-order valence-electron chi connectivity index (χ0n) is 9.35. The summed E-state index contributed by atoms with van der Waals surface area (Å²) in [5.41, 5.74) is 2.38. The van der Waals surface area contributed by atoms with Crippen LogP contribution in [0.25, 0.3) is 33.0 Å². The predicted octanol–water partition coefficient (Wildman–Crippen LogP) is 4.79. The molecule has 0 saturated heterocycles. The van der Waals surface area contributed by atoms with Crippen molar-refractivity contribution in [1.82, 2.24) is 4.98 Å². The van der Waals surface area contributed by atoms with Gasteiger partial charge in [0, 0.05) is 21.2 Å². The number of benzene rings is 2. The average Bonchev–Trinajstić information content (AvgIpc) is 2.73. The summed E-state index contributed by atoms with van der Waals surface area (Å²) in [7, 11) is 0. The Balaban J connectivity index is 2.23. The molecule has 0 unspecified atom stereocenters. The van der Waals surface area contributed by atoms with Gasteiger partial charge in [0.1, 0.15) is 5.58 Å². The molecule has 18 heavy (non-hydrogen) atoms. The van der Waals surface area contributed by atoms with Crippen LogP contribution in [0.5, 0.6) is 0 Å². The molecule has 2 nitrogen and oxygen atoms in total. The zero-order valence-corrected chi connectivity index (χ0v) is 10.1. The summed E-state index contributed by atoms with van der Waals surface area (Å²) in [5.74, 6) is 0. The van der Waals surface area contributed by atoms with E-state index in [1.54, 1.807) is 0 Å². The Morgan fingerprint density at radius 2 is 1.83 bits per heavy atom. The lowest BCUT2D eigenvalue weighted by Gasteiger charge is -1.97. The van der Waals surface area contributed by atoms with E-state index < -0.39 is 0 Å². The quantitative estimate of drug-likeness (QED) is 0.450. The molecule has 0 amide bonds. The van der Waals surface area contributed by atoms with Crippen LogP contribution in [0.2, 0.25) is 5.02 Å². The van der Waals surface area contributed by atoms with Gasteiger partial charge in [-0.3, -0.25) is 0 Å². The maximum Gasteiger partial charge on any atom is 0.227 e. The van der Waals surface area contributed by atoms with Crippen LogP contribution in [0.15, 0.2) is 52.9 Å². The number of para-hydroxylation sites is 1. The van der Waals surface area contributed by atoms with E-state index in [0.717, 1.165) is 27.3 Å². The summed E-state index contributed by atoms with van der Waals surface area (Å²) < 4.78 is 5.75.